The topological polar surface area (TPSA) is 66.6 Å². The summed E-state index contributed by atoms with van der Waals surface area (Å²) in [5, 5.41) is 2.03. The van der Waals surface area contributed by atoms with E-state index in [0.29, 0.717) is 19.6 Å². The summed E-state index contributed by atoms with van der Waals surface area (Å²) in [5.41, 5.74) is 5.33. The van der Waals surface area contributed by atoms with E-state index >= 15 is 0 Å². The molecule has 6 heteroatoms. The van der Waals surface area contributed by atoms with Gasteiger partial charge in [-0.05, 0) is 44.3 Å². The molecule has 0 radical (unpaired) electrons. The SMILES string of the molecule is CCN(Cc1cccs1)C(=O)CN1CCC(C(N)=O)CC1. The van der Waals surface area contributed by atoms with Crippen molar-refractivity contribution in [3.05, 3.63) is 22.4 Å². The van der Waals surface area contributed by atoms with E-state index in [1.54, 1.807) is 11.3 Å². The van der Waals surface area contributed by atoms with Crippen LogP contribution in [0.3, 0.4) is 0 Å². The van der Waals surface area contributed by atoms with Crippen LogP contribution in [-0.2, 0) is 16.1 Å². The summed E-state index contributed by atoms with van der Waals surface area (Å²) in [6, 6.07) is 4.06. The highest BCUT2D eigenvalue weighted by Crippen LogP contribution is 2.17. The average molecular weight is 309 g/mol. The predicted octanol–water partition coefficient (Wildman–Crippen LogP) is 1.29. The molecule has 1 aliphatic heterocycles. The molecular weight excluding hydrogens is 286 g/mol. The van der Waals surface area contributed by atoms with E-state index in [9.17, 15) is 9.59 Å². The molecule has 116 valence electrons. The lowest BCUT2D eigenvalue weighted by Gasteiger charge is -2.31. The molecular formula is C15H23N3O2S. The standard InChI is InChI=1S/C15H23N3O2S/c1-2-18(10-13-4-3-9-21-13)14(19)11-17-7-5-12(6-8-17)15(16)20/h3-4,9,12H,2,5-8,10-11H2,1H3,(H2,16,20). The summed E-state index contributed by atoms with van der Waals surface area (Å²) in [4.78, 5) is 28.7. The fourth-order valence-corrected chi connectivity index (χ4v) is 3.35. The molecule has 5 nitrogen and oxygen atoms in total. The monoisotopic (exact) mass is 309 g/mol. The van der Waals surface area contributed by atoms with E-state index in [1.165, 1.54) is 4.88 Å². The van der Waals surface area contributed by atoms with Crippen LogP contribution in [0.5, 0.6) is 0 Å². The first-order chi connectivity index (χ1) is 10.1. The quantitative estimate of drug-likeness (QED) is 0.861. The number of thiophene rings is 1. The van der Waals surface area contributed by atoms with E-state index in [4.69, 9.17) is 5.73 Å². The van der Waals surface area contributed by atoms with Crippen LogP contribution in [-0.4, -0.2) is 47.8 Å². The number of hydrogen-bond acceptors (Lipinski definition) is 4. The normalized spacial score (nSPS) is 16.8. The Bertz CT molecular complexity index is 467. The fraction of sp³-hybridized carbons (Fsp3) is 0.600. The second-order valence-electron chi connectivity index (χ2n) is 5.44. The van der Waals surface area contributed by atoms with E-state index in [-0.39, 0.29) is 17.7 Å². The molecule has 0 spiro atoms. The van der Waals surface area contributed by atoms with Gasteiger partial charge < -0.3 is 10.6 Å². The van der Waals surface area contributed by atoms with Crippen LogP contribution in [0.2, 0.25) is 0 Å². The number of piperidine rings is 1. The number of amides is 2. The van der Waals surface area contributed by atoms with Crippen LogP contribution in [0.15, 0.2) is 17.5 Å². The van der Waals surface area contributed by atoms with E-state index in [0.717, 1.165) is 25.9 Å². The maximum atomic E-state index is 12.4. The number of carbonyl (C=O) groups excluding carboxylic acids is 2. The summed E-state index contributed by atoms with van der Waals surface area (Å²) in [6.07, 6.45) is 1.53. The molecule has 0 saturated carbocycles. The van der Waals surface area contributed by atoms with Crippen LogP contribution in [0.1, 0.15) is 24.6 Å². The highest BCUT2D eigenvalue weighted by atomic mass is 32.1. The minimum Gasteiger partial charge on any atom is -0.369 e. The van der Waals surface area contributed by atoms with Gasteiger partial charge in [-0.15, -0.1) is 11.3 Å². The largest absolute Gasteiger partial charge is 0.369 e. The molecule has 2 heterocycles. The molecule has 0 aliphatic carbocycles. The maximum Gasteiger partial charge on any atom is 0.237 e. The van der Waals surface area contributed by atoms with E-state index in [2.05, 4.69) is 11.0 Å². The highest BCUT2D eigenvalue weighted by Gasteiger charge is 2.25. The predicted molar refractivity (Wildman–Crippen MR) is 83.8 cm³/mol. The smallest absolute Gasteiger partial charge is 0.237 e. The Morgan fingerprint density at radius 1 is 1.43 bits per heavy atom. The van der Waals surface area contributed by atoms with Gasteiger partial charge in [-0.3, -0.25) is 14.5 Å². The lowest BCUT2D eigenvalue weighted by molar-refractivity contribution is -0.133. The molecule has 1 aromatic heterocycles. The third kappa shape index (κ3) is 4.54. The Balaban J connectivity index is 1.81. The number of nitrogens with zero attached hydrogens (tertiary/aromatic N) is 2. The Morgan fingerprint density at radius 3 is 2.67 bits per heavy atom. The maximum absolute atomic E-state index is 12.4. The summed E-state index contributed by atoms with van der Waals surface area (Å²) in [5.74, 6) is -0.0815. The number of carbonyl (C=O) groups is 2. The fourth-order valence-electron chi connectivity index (χ4n) is 2.63. The first-order valence-electron chi connectivity index (χ1n) is 7.42. The third-order valence-corrected chi connectivity index (χ3v) is 4.87. The van der Waals surface area contributed by atoms with Crippen molar-refractivity contribution in [2.24, 2.45) is 11.7 Å². The Hall–Kier alpha value is -1.40. The molecule has 1 aliphatic rings. The van der Waals surface area contributed by atoms with Crippen LogP contribution in [0, 0.1) is 5.92 Å². The van der Waals surface area contributed by atoms with Gasteiger partial charge in [-0.2, -0.15) is 0 Å². The first-order valence-corrected chi connectivity index (χ1v) is 8.30. The van der Waals surface area contributed by atoms with Gasteiger partial charge in [0.25, 0.3) is 0 Å². The molecule has 2 rings (SSSR count). The molecule has 1 aromatic rings. The second kappa shape index (κ2) is 7.56. The summed E-state index contributed by atoms with van der Waals surface area (Å²) in [6.45, 7) is 5.39. The van der Waals surface area contributed by atoms with E-state index < -0.39 is 0 Å². The van der Waals surface area contributed by atoms with Crippen molar-refractivity contribution in [1.82, 2.24) is 9.80 Å². The molecule has 0 aromatic carbocycles. The lowest BCUT2D eigenvalue weighted by atomic mass is 9.96. The Morgan fingerprint density at radius 2 is 2.14 bits per heavy atom. The van der Waals surface area contributed by atoms with Gasteiger partial charge in [0, 0.05) is 17.3 Å². The van der Waals surface area contributed by atoms with Crippen LogP contribution < -0.4 is 5.73 Å². The van der Waals surface area contributed by atoms with Gasteiger partial charge in [0.1, 0.15) is 0 Å². The summed E-state index contributed by atoms with van der Waals surface area (Å²) < 4.78 is 0. The number of hydrogen-bond donors (Lipinski definition) is 1. The molecule has 0 bridgehead atoms. The second-order valence-corrected chi connectivity index (χ2v) is 6.47. The zero-order valence-corrected chi connectivity index (χ0v) is 13.3. The van der Waals surface area contributed by atoms with Crippen molar-refractivity contribution in [2.45, 2.75) is 26.3 Å². The third-order valence-electron chi connectivity index (χ3n) is 4.01. The van der Waals surface area contributed by atoms with Gasteiger partial charge in [0.2, 0.25) is 11.8 Å². The molecule has 0 unspecified atom stereocenters. The van der Waals surface area contributed by atoms with Gasteiger partial charge in [0.05, 0.1) is 13.1 Å². The minimum absolute atomic E-state index is 0.0234. The zero-order chi connectivity index (χ0) is 15.2. The van der Waals surface area contributed by atoms with Gasteiger partial charge in [-0.1, -0.05) is 6.07 Å². The number of likely N-dealkylation sites (N-methyl/N-ethyl adjacent to an activating group) is 1. The van der Waals surface area contributed by atoms with Crippen LogP contribution in [0.4, 0.5) is 0 Å². The Labute approximate surface area is 129 Å². The molecule has 21 heavy (non-hydrogen) atoms. The molecule has 2 amide bonds. The zero-order valence-electron chi connectivity index (χ0n) is 12.5. The molecule has 2 N–H and O–H groups in total. The first kappa shape index (κ1) is 16.0. The molecule has 0 atom stereocenters. The number of rotatable bonds is 6. The minimum atomic E-state index is -0.214. The van der Waals surface area contributed by atoms with Crippen molar-refractivity contribution in [3.8, 4) is 0 Å². The van der Waals surface area contributed by atoms with Crippen LogP contribution >= 0.6 is 11.3 Å². The van der Waals surface area contributed by atoms with Crippen molar-refractivity contribution in [2.75, 3.05) is 26.2 Å². The highest BCUT2D eigenvalue weighted by molar-refractivity contribution is 7.09. The average Bonchev–Trinajstić information content (AvgIpc) is 2.98. The number of likely N-dealkylation sites (tertiary alicyclic amines) is 1. The summed E-state index contributed by atoms with van der Waals surface area (Å²) in [7, 11) is 0. The van der Waals surface area contributed by atoms with Gasteiger partial charge >= 0.3 is 0 Å². The van der Waals surface area contributed by atoms with Crippen molar-refractivity contribution >= 4 is 23.2 Å². The van der Waals surface area contributed by atoms with Crippen molar-refractivity contribution in [3.63, 3.8) is 0 Å². The van der Waals surface area contributed by atoms with Crippen molar-refractivity contribution < 1.29 is 9.59 Å². The summed E-state index contributed by atoms with van der Waals surface area (Å²) >= 11 is 1.67. The van der Waals surface area contributed by atoms with E-state index in [1.807, 2.05) is 23.3 Å². The number of nitrogens with two attached hydrogens (primary N) is 1. The van der Waals surface area contributed by atoms with Crippen LogP contribution in [0.25, 0.3) is 0 Å². The Kier molecular flexibility index (Phi) is 5.76. The van der Waals surface area contributed by atoms with Gasteiger partial charge in [0.15, 0.2) is 0 Å². The molecule has 1 fully saturated rings. The molecule has 1 saturated heterocycles. The lowest BCUT2D eigenvalue weighted by Crippen LogP contribution is -2.44. The van der Waals surface area contributed by atoms with Gasteiger partial charge in [-0.25, -0.2) is 0 Å². The number of primary amides is 1. The van der Waals surface area contributed by atoms with Crippen molar-refractivity contribution in [1.29, 1.82) is 0 Å².